The fourth-order valence-corrected chi connectivity index (χ4v) is 48.2. The molecular weight excluding hydrogens is 1970 g/mol. The van der Waals surface area contributed by atoms with E-state index in [4.69, 9.17) is 19.9 Å². The molecule has 4 nitrogen and oxygen atoms in total. The molecule has 19 aromatic rings. The SMILES string of the molecule is C[Si](C)(C)c1ccc(-c2cc(-c3ccc(-c4nc5cc6nc(-c7ccc(-c8cc(-c9ccc([Si](C)(C)C)s9)c(-c9ccc([Si](C)(C)C)s9)s8)s7)c(-c7ccc(-c8cc(-c9ccc([Si](C)(C)C)s9)c(-c9ccc([Si](C)(C)C)s9)s8)s7)nc6cc5nc4-c4ccc(-c5cc(-c6ccc([Si](C)(C)C)s6)c(-c6ccc([Si](C)(C)C)s6)s5)s4)s3)sc2-c2ccc([Si](C)(C)C)s2)s1. The van der Waals surface area contributed by atoms with E-state index in [1.54, 1.807) is 0 Å². The molecule has 0 unspecified atom stereocenters. The molecule has 0 aliphatic rings. The number of aromatic nitrogens is 4. The number of benzene rings is 1. The third kappa shape index (κ3) is 18.0. The van der Waals surface area contributed by atoms with Crippen LogP contribution >= 0.6 is 181 Å². The van der Waals surface area contributed by atoms with Crippen molar-refractivity contribution in [3.05, 3.63) is 182 Å². The van der Waals surface area contributed by atoms with E-state index in [9.17, 15) is 0 Å². The molecule has 18 aromatic heterocycles. The van der Waals surface area contributed by atoms with E-state index >= 15 is 0 Å². The largest absolute Gasteiger partial charge is 0.243 e. The number of fused-ring (bicyclic) bond motifs is 2. The standard InChI is InChI=1S/C98H102N4S16Si8/c1-119(2,3)83-41-33-63(107-83)55-49-79(115-95(55)75-37-45-87(111-75)123(13,14)15)67-25-29-71(103-67)91-92(72-30-26-68(104-72)80-50-56(64-34-42-84(108-64)120(4,5)6)96(116-80)76-38-46-88(112-76)124(16,17)18)100-60-54-62-61(53-59(60)99-91)101-93(73-31-27-69(105-73)81-51-57(65-35-43-85(109-65)121(7,8)9)97(117-81)77-39-47-89(113-77)125(19,20)21)94(102-62)74-32-28-70(106-74)82-52-58(66-36-44-86(110-66)122(10,11)12)98(118-82)78-40-48-90(114-78)126(22,23)24/h25-54H,1-24H3. The Morgan fingerprint density at radius 2 is 0.294 bits per heavy atom. The zero-order chi connectivity index (χ0) is 88.8. The molecule has 0 radical (unpaired) electrons. The fraction of sp³-hybridized carbons (Fsp3) is 0.245. The van der Waals surface area contributed by atoms with Crippen molar-refractivity contribution < 1.29 is 0 Å². The van der Waals surface area contributed by atoms with Crippen LogP contribution in [0.4, 0.5) is 0 Å². The molecule has 0 N–H and O–H groups in total. The van der Waals surface area contributed by atoms with Crippen LogP contribution in [0.1, 0.15) is 0 Å². The van der Waals surface area contributed by atoms with Gasteiger partial charge in [-0.05, 0) is 169 Å². The molecule has 126 heavy (non-hydrogen) atoms. The van der Waals surface area contributed by atoms with Crippen LogP contribution in [0.5, 0.6) is 0 Å². The molecule has 0 fully saturated rings. The molecule has 0 atom stereocenters. The summed E-state index contributed by atoms with van der Waals surface area (Å²) in [6.07, 6.45) is 0. The second kappa shape index (κ2) is 33.5. The summed E-state index contributed by atoms with van der Waals surface area (Å²) in [7, 11) is -12.5. The summed E-state index contributed by atoms with van der Waals surface area (Å²) in [5, 5.41) is 0. The van der Waals surface area contributed by atoms with E-state index in [1.165, 1.54) is 156 Å². The van der Waals surface area contributed by atoms with Gasteiger partial charge < -0.3 is 0 Å². The molecular formula is C98H102N4S16Si8. The van der Waals surface area contributed by atoms with Gasteiger partial charge in [0.1, 0.15) is 22.8 Å². The Balaban J connectivity index is 0.787. The van der Waals surface area contributed by atoms with Crippen LogP contribution in [0.15, 0.2) is 182 Å². The van der Waals surface area contributed by atoms with Crippen LogP contribution in [0.2, 0.25) is 157 Å². The van der Waals surface area contributed by atoms with E-state index in [-0.39, 0.29) is 0 Å². The lowest BCUT2D eigenvalue weighted by molar-refractivity contribution is 1.29. The Bertz CT molecular complexity index is 6230. The van der Waals surface area contributed by atoms with Crippen molar-refractivity contribution >= 4 is 304 Å². The predicted molar refractivity (Wildman–Crippen MR) is 609 cm³/mol. The minimum absolute atomic E-state index is 0.790. The highest BCUT2D eigenvalue weighted by Gasteiger charge is 2.34. The highest BCUT2D eigenvalue weighted by molar-refractivity contribution is 7.37. The lowest BCUT2D eigenvalue weighted by atomic mass is 10.1. The van der Waals surface area contributed by atoms with Crippen molar-refractivity contribution in [2.75, 3.05) is 0 Å². The lowest BCUT2D eigenvalue weighted by Crippen LogP contribution is -2.34. The van der Waals surface area contributed by atoms with Crippen molar-refractivity contribution in [3.8, 4) is 162 Å². The first-order chi connectivity index (χ1) is 59.3. The minimum Gasteiger partial charge on any atom is -0.243 e. The smallest absolute Gasteiger partial charge is 0.108 e. The average Bonchev–Trinajstić information content (AvgIpc) is 1.33. The van der Waals surface area contributed by atoms with E-state index in [1.807, 2.05) is 181 Å². The van der Waals surface area contributed by atoms with E-state index in [2.05, 4.69) is 339 Å². The van der Waals surface area contributed by atoms with Crippen molar-refractivity contribution in [1.82, 2.24) is 19.9 Å². The van der Waals surface area contributed by atoms with Gasteiger partial charge in [0.05, 0.1) is 126 Å². The van der Waals surface area contributed by atoms with Gasteiger partial charge in [0.15, 0.2) is 0 Å². The van der Waals surface area contributed by atoms with Gasteiger partial charge in [-0.3, -0.25) is 0 Å². The van der Waals surface area contributed by atoms with Crippen LogP contribution in [0.3, 0.4) is 0 Å². The first kappa shape index (κ1) is 90.0. The second-order valence-electron chi connectivity index (χ2n) is 41.1. The molecule has 0 spiro atoms. The van der Waals surface area contributed by atoms with Crippen molar-refractivity contribution in [1.29, 1.82) is 0 Å². The number of rotatable bonds is 24. The fourth-order valence-electron chi connectivity index (χ4n) is 15.2. The van der Waals surface area contributed by atoms with E-state index < -0.39 is 64.6 Å². The van der Waals surface area contributed by atoms with Gasteiger partial charge in [0.2, 0.25) is 0 Å². The summed E-state index contributed by atoms with van der Waals surface area (Å²) in [6.45, 7) is 59.3. The summed E-state index contributed by atoms with van der Waals surface area (Å²) in [6, 6.07) is 71.6. The minimum atomic E-state index is -1.57. The molecule has 1 aromatic carbocycles. The number of hydrogen-bond donors (Lipinski definition) is 0. The third-order valence-corrected chi connectivity index (χ3v) is 70.5. The maximum atomic E-state index is 5.94. The predicted octanol–water partition coefficient (Wildman–Crippen LogP) is 33.6. The van der Waals surface area contributed by atoms with Gasteiger partial charge in [0, 0.05) is 100 Å². The highest BCUT2D eigenvalue weighted by Crippen LogP contribution is 2.56. The van der Waals surface area contributed by atoms with Gasteiger partial charge in [-0.2, -0.15) is 0 Å². The summed E-state index contributed by atoms with van der Waals surface area (Å²) in [5.41, 5.74) is 12.0. The van der Waals surface area contributed by atoms with Crippen LogP contribution in [-0.2, 0) is 0 Å². The average molecular weight is 2070 g/mol. The summed E-state index contributed by atoms with van der Waals surface area (Å²) >= 11 is 31.1. The topological polar surface area (TPSA) is 51.6 Å². The first-order valence-corrected chi connectivity index (χ1v) is 83.8. The Morgan fingerprint density at radius 1 is 0.143 bits per heavy atom. The Hall–Kier alpha value is -5.16. The molecule has 18 heterocycles. The zero-order valence-corrected chi connectivity index (χ0v) is 96.7. The lowest BCUT2D eigenvalue weighted by Gasteiger charge is -2.12. The molecule has 0 saturated carbocycles. The number of nitrogens with zero attached hydrogens (tertiary/aromatic N) is 4. The molecule has 642 valence electrons. The summed E-state index contributed by atoms with van der Waals surface area (Å²) < 4.78 is 12.3. The van der Waals surface area contributed by atoms with Gasteiger partial charge in [0.25, 0.3) is 0 Å². The van der Waals surface area contributed by atoms with Crippen molar-refractivity contribution in [2.24, 2.45) is 0 Å². The van der Waals surface area contributed by atoms with Crippen LogP contribution < -0.4 is 36.0 Å². The molecule has 0 saturated heterocycles. The van der Waals surface area contributed by atoms with Gasteiger partial charge in [-0.15, -0.1) is 181 Å². The third-order valence-electron chi connectivity index (χ3n) is 22.4. The van der Waals surface area contributed by atoms with Crippen LogP contribution in [0.25, 0.3) is 184 Å². The van der Waals surface area contributed by atoms with Gasteiger partial charge >= 0.3 is 0 Å². The van der Waals surface area contributed by atoms with E-state index in [0.717, 1.165) is 64.4 Å². The maximum absolute atomic E-state index is 5.94. The summed E-state index contributed by atoms with van der Waals surface area (Å²) in [5.74, 6) is 0. The molecule has 0 amide bonds. The molecule has 0 aliphatic heterocycles. The molecule has 0 bridgehead atoms. The van der Waals surface area contributed by atoms with E-state index in [0.29, 0.717) is 0 Å². The van der Waals surface area contributed by atoms with Gasteiger partial charge in [-0.1, -0.05) is 206 Å². The Labute approximate surface area is 815 Å². The number of hydrogen-bond acceptors (Lipinski definition) is 20. The van der Waals surface area contributed by atoms with Crippen molar-refractivity contribution in [3.63, 3.8) is 0 Å². The molecule has 0 aliphatic carbocycles. The Morgan fingerprint density at radius 3 is 0.460 bits per heavy atom. The normalized spacial score (nSPS) is 13.1. The quantitative estimate of drug-likeness (QED) is 0.0447. The zero-order valence-electron chi connectivity index (χ0n) is 75.6. The Kier molecular flexibility index (Phi) is 23.9. The molecule has 28 heteroatoms. The molecule has 19 rings (SSSR count). The monoisotopic (exact) mass is 2070 g/mol. The van der Waals surface area contributed by atoms with Crippen LogP contribution in [-0.4, -0.2) is 84.5 Å². The van der Waals surface area contributed by atoms with Crippen molar-refractivity contribution in [2.45, 2.75) is 157 Å². The summed E-state index contributed by atoms with van der Waals surface area (Å²) in [4.78, 5) is 54.4. The number of thiophene rings is 16. The van der Waals surface area contributed by atoms with Gasteiger partial charge in [-0.25, -0.2) is 19.9 Å². The highest BCUT2D eigenvalue weighted by atomic mass is 32.2. The van der Waals surface area contributed by atoms with Crippen LogP contribution in [0, 0.1) is 0 Å². The maximum Gasteiger partial charge on any atom is 0.108 e. The second-order valence-corrected chi connectivity index (χ2v) is 101. The first-order valence-electron chi connectivity index (χ1n) is 42.7.